The number of rotatable bonds is 2. The zero-order valence-corrected chi connectivity index (χ0v) is 14.7. The third kappa shape index (κ3) is 2.48. The Morgan fingerprint density at radius 1 is 1.00 bits per heavy atom. The molecule has 2 unspecified atom stereocenters. The van der Waals surface area contributed by atoms with Crippen molar-refractivity contribution in [3.8, 4) is 0 Å². The Morgan fingerprint density at radius 3 is 2.77 bits per heavy atom. The Morgan fingerprint density at radius 2 is 1.85 bits per heavy atom. The van der Waals surface area contributed by atoms with Crippen LogP contribution < -0.4 is 0 Å². The first-order chi connectivity index (χ1) is 12.7. The van der Waals surface area contributed by atoms with Gasteiger partial charge in [-0.1, -0.05) is 18.2 Å². The second kappa shape index (κ2) is 6.06. The third-order valence-corrected chi connectivity index (χ3v) is 5.93. The summed E-state index contributed by atoms with van der Waals surface area (Å²) in [6, 6.07) is 9.83. The van der Waals surface area contributed by atoms with E-state index in [1.54, 1.807) is 0 Å². The predicted molar refractivity (Wildman–Crippen MR) is 97.3 cm³/mol. The Labute approximate surface area is 152 Å². The van der Waals surface area contributed by atoms with E-state index in [2.05, 4.69) is 34.1 Å². The van der Waals surface area contributed by atoms with Crippen LogP contribution in [0.1, 0.15) is 18.4 Å². The zero-order valence-electron chi connectivity index (χ0n) is 14.7. The fraction of sp³-hybridized carbons (Fsp3) is 0.450. The van der Waals surface area contributed by atoms with Crippen molar-refractivity contribution in [2.45, 2.75) is 31.5 Å². The molecule has 0 N–H and O–H groups in total. The van der Waals surface area contributed by atoms with Crippen molar-refractivity contribution in [2.24, 2.45) is 0 Å². The van der Waals surface area contributed by atoms with E-state index >= 15 is 0 Å². The standard InChI is InChI=1S/C20H22N4O2/c25-19-17-4-2-8-23(17)20(26)18-13-22(9-10-24(18)19)12-14-5-6-15-3-1-7-21-16(15)11-14/h1,3,5-7,11,17-18H,2,4,8-10,12-13H2. The molecule has 134 valence electrons. The van der Waals surface area contributed by atoms with E-state index in [4.69, 9.17) is 0 Å². The fourth-order valence-electron chi connectivity index (χ4n) is 4.60. The molecule has 6 nitrogen and oxygen atoms in total. The molecule has 2 aromatic rings. The normalized spacial score (nSPS) is 26.3. The van der Waals surface area contributed by atoms with Gasteiger partial charge in [-0.25, -0.2) is 0 Å². The number of aromatic nitrogens is 1. The van der Waals surface area contributed by atoms with Crippen molar-refractivity contribution in [1.29, 1.82) is 0 Å². The summed E-state index contributed by atoms with van der Waals surface area (Å²) in [6.07, 6.45) is 3.57. The number of fused-ring (bicyclic) bond motifs is 3. The molecule has 2 atom stereocenters. The van der Waals surface area contributed by atoms with Crippen molar-refractivity contribution >= 4 is 22.7 Å². The van der Waals surface area contributed by atoms with Crippen LogP contribution in [0.25, 0.3) is 10.9 Å². The summed E-state index contributed by atoms with van der Waals surface area (Å²) in [5, 5.41) is 1.13. The third-order valence-electron chi connectivity index (χ3n) is 5.93. The highest BCUT2D eigenvalue weighted by atomic mass is 16.2. The molecule has 0 radical (unpaired) electrons. The summed E-state index contributed by atoms with van der Waals surface area (Å²) in [5.41, 5.74) is 2.19. The van der Waals surface area contributed by atoms with Gasteiger partial charge in [0.25, 0.3) is 0 Å². The molecule has 3 aliphatic heterocycles. The average Bonchev–Trinajstić information content (AvgIpc) is 3.16. The van der Waals surface area contributed by atoms with Crippen molar-refractivity contribution in [3.05, 3.63) is 42.1 Å². The smallest absolute Gasteiger partial charge is 0.247 e. The maximum atomic E-state index is 12.9. The highest BCUT2D eigenvalue weighted by molar-refractivity contribution is 5.97. The van der Waals surface area contributed by atoms with Crippen molar-refractivity contribution in [2.75, 3.05) is 26.2 Å². The summed E-state index contributed by atoms with van der Waals surface area (Å²) in [7, 11) is 0. The minimum absolute atomic E-state index is 0.136. The average molecular weight is 350 g/mol. The minimum atomic E-state index is -0.316. The van der Waals surface area contributed by atoms with E-state index in [0.29, 0.717) is 13.1 Å². The van der Waals surface area contributed by atoms with Crippen LogP contribution in [0.5, 0.6) is 0 Å². The van der Waals surface area contributed by atoms with Gasteiger partial charge in [0.1, 0.15) is 12.1 Å². The van der Waals surface area contributed by atoms with Crippen molar-refractivity contribution in [1.82, 2.24) is 19.7 Å². The number of piperazine rings is 2. The first-order valence-electron chi connectivity index (χ1n) is 9.38. The molecular weight excluding hydrogens is 328 g/mol. The van der Waals surface area contributed by atoms with Gasteiger partial charge in [0, 0.05) is 44.3 Å². The molecule has 1 aromatic heterocycles. The van der Waals surface area contributed by atoms with Gasteiger partial charge >= 0.3 is 0 Å². The Kier molecular flexibility index (Phi) is 3.67. The molecule has 1 aromatic carbocycles. The van der Waals surface area contributed by atoms with Crippen LogP contribution in [-0.2, 0) is 16.1 Å². The Hall–Kier alpha value is -2.47. The van der Waals surface area contributed by atoms with Gasteiger partial charge in [0.2, 0.25) is 11.8 Å². The summed E-state index contributed by atoms with van der Waals surface area (Å²) in [5.74, 6) is 0.290. The summed E-state index contributed by atoms with van der Waals surface area (Å²) >= 11 is 0. The Bertz CT molecular complexity index is 883. The quantitative estimate of drug-likeness (QED) is 0.818. The van der Waals surface area contributed by atoms with Gasteiger partial charge < -0.3 is 9.80 Å². The van der Waals surface area contributed by atoms with E-state index in [-0.39, 0.29) is 23.9 Å². The van der Waals surface area contributed by atoms with Gasteiger partial charge in [0.05, 0.1) is 5.52 Å². The first-order valence-corrected chi connectivity index (χ1v) is 9.38. The molecule has 0 saturated carbocycles. The maximum Gasteiger partial charge on any atom is 0.247 e. The van der Waals surface area contributed by atoms with E-state index < -0.39 is 0 Å². The molecule has 2 amide bonds. The van der Waals surface area contributed by atoms with Crippen LogP contribution in [-0.4, -0.2) is 69.8 Å². The summed E-state index contributed by atoms with van der Waals surface area (Å²) in [4.78, 5) is 35.9. The number of hydrogen-bond donors (Lipinski definition) is 0. The molecule has 3 fully saturated rings. The lowest BCUT2D eigenvalue weighted by Crippen LogP contribution is -2.68. The molecular formula is C20H22N4O2. The number of pyridine rings is 1. The molecule has 3 aliphatic rings. The fourth-order valence-corrected chi connectivity index (χ4v) is 4.60. The number of nitrogens with zero attached hydrogens (tertiary/aromatic N) is 4. The minimum Gasteiger partial charge on any atom is -0.329 e. The molecule has 5 rings (SSSR count). The van der Waals surface area contributed by atoms with Gasteiger partial charge in [-0.2, -0.15) is 0 Å². The lowest BCUT2D eigenvalue weighted by Gasteiger charge is -2.47. The zero-order chi connectivity index (χ0) is 17.7. The second-order valence-electron chi connectivity index (χ2n) is 7.50. The van der Waals surface area contributed by atoms with Crippen molar-refractivity contribution in [3.63, 3.8) is 0 Å². The number of amides is 2. The van der Waals surface area contributed by atoms with Crippen LogP contribution in [0, 0.1) is 0 Å². The molecule has 6 heteroatoms. The van der Waals surface area contributed by atoms with Crippen LogP contribution in [0.2, 0.25) is 0 Å². The SMILES string of the molecule is O=C1C2CN(Cc3ccc4cccnc4c3)CCN2C(=O)C2CCCN12. The number of benzene rings is 1. The van der Waals surface area contributed by atoms with Crippen molar-refractivity contribution < 1.29 is 9.59 Å². The Balaban J connectivity index is 1.34. The highest BCUT2D eigenvalue weighted by Gasteiger charge is 2.49. The lowest BCUT2D eigenvalue weighted by atomic mass is 10.0. The van der Waals surface area contributed by atoms with Gasteiger partial charge in [-0.05, 0) is 30.5 Å². The molecule has 4 heterocycles. The highest BCUT2D eigenvalue weighted by Crippen LogP contribution is 2.29. The van der Waals surface area contributed by atoms with E-state index in [9.17, 15) is 9.59 Å². The largest absolute Gasteiger partial charge is 0.329 e. The topological polar surface area (TPSA) is 56.8 Å². The van der Waals surface area contributed by atoms with Crippen LogP contribution in [0.3, 0.4) is 0 Å². The molecule has 3 saturated heterocycles. The first kappa shape index (κ1) is 15.8. The van der Waals surface area contributed by atoms with E-state index in [0.717, 1.165) is 43.4 Å². The maximum absolute atomic E-state index is 12.9. The number of carbonyl (C=O) groups is 2. The van der Waals surface area contributed by atoms with Gasteiger partial charge in [0.15, 0.2) is 0 Å². The molecule has 26 heavy (non-hydrogen) atoms. The second-order valence-corrected chi connectivity index (χ2v) is 7.50. The monoisotopic (exact) mass is 350 g/mol. The number of hydrogen-bond acceptors (Lipinski definition) is 4. The number of carbonyl (C=O) groups excluding carboxylic acids is 2. The molecule has 0 aliphatic carbocycles. The van der Waals surface area contributed by atoms with E-state index in [1.807, 2.05) is 22.1 Å². The lowest BCUT2D eigenvalue weighted by molar-refractivity contribution is -0.163. The molecule has 0 bridgehead atoms. The van der Waals surface area contributed by atoms with Crippen LogP contribution in [0.4, 0.5) is 0 Å². The van der Waals surface area contributed by atoms with Gasteiger partial charge in [-0.15, -0.1) is 0 Å². The van der Waals surface area contributed by atoms with Crippen LogP contribution >= 0.6 is 0 Å². The summed E-state index contributed by atoms with van der Waals surface area (Å²) < 4.78 is 0. The predicted octanol–water partition coefficient (Wildman–Crippen LogP) is 1.25. The molecule has 0 spiro atoms. The van der Waals surface area contributed by atoms with Crippen LogP contribution in [0.15, 0.2) is 36.5 Å². The van der Waals surface area contributed by atoms with E-state index in [1.165, 1.54) is 5.56 Å². The summed E-state index contributed by atoms with van der Waals surface area (Å²) in [6.45, 7) is 3.58. The van der Waals surface area contributed by atoms with Gasteiger partial charge in [-0.3, -0.25) is 19.5 Å².